The second-order valence-corrected chi connectivity index (χ2v) is 5.00. The molecule has 1 N–H and O–H groups in total. The van der Waals surface area contributed by atoms with Gasteiger partial charge in [0.2, 0.25) is 5.91 Å². The first-order chi connectivity index (χ1) is 8.27. The van der Waals surface area contributed by atoms with Crippen LogP contribution in [0, 0.1) is 24.1 Å². The number of rotatable bonds is 3. The van der Waals surface area contributed by atoms with Crippen LogP contribution in [0.5, 0.6) is 0 Å². The molecule has 0 saturated carbocycles. The minimum Gasteiger partial charge on any atom is -0.346 e. The van der Waals surface area contributed by atoms with E-state index >= 15 is 0 Å². The fraction of sp³-hybridized carbons (Fsp3) is 0.385. The maximum atomic E-state index is 13.6. The van der Waals surface area contributed by atoms with Gasteiger partial charge < -0.3 is 5.32 Å². The van der Waals surface area contributed by atoms with Crippen LogP contribution in [0.25, 0.3) is 0 Å². The molecule has 1 aromatic carbocycles. The van der Waals surface area contributed by atoms with Crippen LogP contribution in [0.15, 0.2) is 12.1 Å². The predicted molar refractivity (Wildman–Crippen MR) is 67.5 cm³/mol. The molecule has 0 radical (unpaired) electrons. The molecule has 0 aliphatic heterocycles. The first-order valence-corrected chi connectivity index (χ1v) is 5.80. The lowest BCUT2D eigenvalue weighted by molar-refractivity contribution is -0.121. The van der Waals surface area contributed by atoms with E-state index in [4.69, 9.17) is 16.9 Å². The lowest BCUT2D eigenvalue weighted by Crippen LogP contribution is -2.41. The van der Waals surface area contributed by atoms with Crippen molar-refractivity contribution < 1.29 is 9.18 Å². The zero-order valence-corrected chi connectivity index (χ0v) is 11.2. The van der Waals surface area contributed by atoms with Crippen molar-refractivity contribution in [1.82, 2.24) is 5.32 Å². The van der Waals surface area contributed by atoms with E-state index in [1.807, 2.05) is 0 Å². The Hall–Kier alpha value is -1.60. The number of hydrogen-bond acceptors (Lipinski definition) is 2. The van der Waals surface area contributed by atoms with Crippen LogP contribution in [0.4, 0.5) is 4.39 Å². The van der Waals surface area contributed by atoms with Crippen molar-refractivity contribution in [1.29, 1.82) is 5.26 Å². The fourth-order valence-electron chi connectivity index (χ4n) is 1.66. The van der Waals surface area contributed by atoms with Gasteiger partial charge in [-0.25, -0.2) is 4.39 Å². The van der Waals surface area contributed by atoms with Gasteiger partial charge in [0.1, 0.15) is 12.2 Å². The zero-order valence-electron chi connectivity index (χ0n) is 10.5. The van der Waals surface area contributed by atoms with Gasteiger partial charge in [-0.05, 0) is 44.0 Å². The van der Waals surface area contributed by atoms with Crippen LogP contribution in [0.1, 0.15) is 31.4 Å². The number of nitrogens with one attached hydrogen (secondary N) is 1. The molecular formula is C13H14ClFN2O. The molecule has 0 spiro atoms. The summed E-state index contributed by atoms with van der Waals surface area (Å²) in [6, 6.07) is 4.59. The molecule has 0 unspecified atom stereocenters. The summed E-state index contributed by atoms with van der Waals surface area (Å²) in [5, 5.41) is 11.5. The highest BCUT2D eigenvalue weighted by Crippen LogP contribution is 2.30. The van der Waals surface area contributed by atoms with Crippen LogP contribution >= 0.6 is 11.6 Å². The largest absolute Gasteiger partial charge is 0.346 e. The van der Waals surface area contributed by atoms with Crippen molar-refractivity contribution in [3.05, 3.63) is 34.1 Å². The monoisotopic (exact) mass is 268 g/mol. The molecule has 0 aromatic heterocycles. The number of nitrogens with zero attached hydrogens (tertiary/aromatic N) is 1. The topological polar surface area (TPSA) is 52.9 Å². The zero-order chi connectivity index (χ0) is 13.9. The number of amides is 1. The lowest BCUT2D eigenvalue weighted by Gasteiger charge is -2.27. The van der Waals surface area contributed by atoms with E-state index in [1.165, 1.54) is 12.1 Å². The quantitative estimate of drug-likeness (QED) is 0.916. The molecule has 1 aromatic rings. The van der Waals surface area contributed by atoms with E-state index in [0.29, 0.717) is 16.1 Å². The van der Waals surface area contributed by atoms with Crippen molar-refractivity contribution in [2.45, 2.75) is 32.7 Å². The molecule has 5 heteroatoms. The van der Waals surface area contributed by atoms with Gasteiger partial charge >= 0.3 is 0 Å². The maximum absolute atomic E-state index is 13.6. The van der Waals surface area contributed by atoms with Crippen molar-refractivity contribution in [2.24, 2.45) is 0 Å². The van der Waals surface area contributed by atoms with Crippen LogP contribution in [-0.2, 0) is 10.3 Å². The lowest BCUT2D eigenvalue weighted by atomic mass is 9.93. The van der Waals surface area contributed by atoms with E-state index in [2.05, 4.69) is 5.32 Å². The summed E-state index contributed by atoms with van der Waals surface area (Å²) in [5.41, 5.74) is 0.0981. The SMILES string of the molecule is Cc1cc(Cl)c(C(C)(C)NC(=O)CC#N)cc1F. The highest BCUT2D eigenvalue weighted by Gasteiger charge is 2.26. The van der Waals surface area contributed by atoms with Crippen molar-refractivity contribution in [3.63, 3.8) is 0 Å². The number of carbonyl (C=O) groups is 1. The average Bonchev–Trinajstić information content (AvgIpc) is 2.22. The molecule has 1 rings (SSSR count). The summed E-state index contributed by atoms with van der Waals surface area (Å²) in [4.78, 5) is 11.4. The summed E-state index contributed by atoms with van der Waals surface area (Å²) >= 11 is 6.06. The van der Waals surface area contributed by atoms with Crippen molar-refractivity contribution in [2.75, 3.05) is 0 Å². The first-order valence-electron chi connectivity index (χ1n) is 5.42. The normalized spacial score (nSPS) is 10.9. The van der Waals surface area contributed by atoms with Gasteiger partial charge in [0.15, 0.2) is 0 Å². The van der Waals surface area contributed by atoms with E-state index in [0.717, 1.165) is 0 Å². The molecule has 0 aliphatic carbocycles. The molecular weight excluding hydrogens is 255 g/mol. The summed E-state index contributed by atoms with van der Waals surface area (Å²) in [5.74, 6) is -0.795. The second kappa shape index (κ2) is 5.36. The maximum Gasteiger partial charge on any atom is 0.234 e. The van der Waals surface area contributed by atoms with Crippen LogP contribution in [0.2, 0.25) is 5.02 Å². The van der Waals surface area contributed by atoms with Gasteiger partial charge in [-0.2, -0.15) is 5.26 Å². The average molecular weight is 269 g/mol. The molecule has 3 nitrogen and oxygen atoms in total. The highest BCUT2D eigenvalue weighted by molar-refractivity contribution is 6.31. The Labute approximate surface area is 111 Å². The van der Waals surface area contributed by atoms with Gasteiger partial charge in [0.25, 0.3) is 0 Å². The number of halogens is 2. The van der Waals surface area contributed by atoms with Crippen LogP contribution in [0.3, 0.4) is 0 Å². The molecule has 1 amide bonds. The third kappa shape index (κ3) is 3.21. The van der Waals surface area contributed by atoms with Gasteiger partial charge in [-0.1, -0.05) is 11.6 Å². The number of carbonyl (C=O) groups excluding carboxylic acids is 1. The third-order valence-electron chi connectivity index (χ3n) is 2.61. The minimum absolute atomic E-state index is 0.241. The molecule has 0 aliphatic rings. The summed E-state index contributed by atoms with van der Waals surface area (Å²) in [6.07, 6.45) is -0.241. The summed E-state index contributed by atoms with van der Waals surface area (Å²) in [7, 11) is 0. The molecule has 18 heavy (non-hydrogen) atoms. The van der Waals surface area contributed by atoms with E-state index in [-0.39, 0.29) is 12.2 Å². The second-order valence-electron chi connectivity index (χ2n) is 4.59. The van der Waals surface area contributed by atoms with Crippen LogP contribution < -0.4 is 5.32 Å². The van der Waals surface area contributed by atoms with Gasteiger partial charge in [0.05, 0.1) is 11.6 Å². The van der Waals surface area contributed by atoms with E-state index in [9.17, 15) is 9.18 Å². The molecule has 0 fully saturated rings. The van der Waals surface area contributed by atoms with Crippen LogP contribution in [-0.4, -0.2) is 5.91 Å². The third-order valence-corrected chi connectivity index (χ3v) is 2.93. The number of benzene rings is 1. The van der Waals surface area contributed by atoms with Crippen molar-refractivity contribution >= 4 is 17.5 Å². The van der Waals surface area contributed by atoms with Gasteiger partial charge in [-0.15, -0.1) is 0 Å². The smallest absolute Gasteiger partial charge is 0.234 e. The Morgan fingerprint density at radius 2 is 2.17 bits per heavy atom. The molecule has 0 saturated heterocycles. The number of aryl methyl sites for hydroxylation is 1. The van der Waals surface area contributed by atoms with Gasteiger partial charge in [-0.3, -0.25) is 4.79 Å². The Kier molecular flexibility index (Phi) is 4.31. The standard InChI is InChI=1S/C13H14ClFN2O/c1-8-6-10(14)9(7-11(8)15)13(2,3)17-12(18)4-5-16/h6-7H,4H2,1-3H3,(H,17,18). The van der Waals surface area contributed by atoms with E-state index in [1.54, 1.807) is 26.8 Å². The van der Waals surface area contributed by atoms with E-state index < -0.39 is 11.4 Å². The Morgan fingerprint density at radius 3 is 2.72 bits per heavy atom. The van der Waals surface area contributed by atoms with Gasteiger partial charge in [0, 0.05) is 5.02 Å². The Balaban J connectivity index is 3.09. The number of nitriles is 1. The molecule has 0 atom stereocenters. The fourth-order valence-corrected chi connectivity index (χ4v) is 2.11. The summed E-state index contributed by atoms with van der Waals surface area (Å²) in [6.45, 7) is 5.03. The number of hydrogen-bond donors (Lipinski definition) is 1. The predicted octanol–water partition coefficient (Wildman–Crippen LogP) is 3.05. The van der Waals surface area contributed by atoms with Crippen molar-refractivity contribution in [3.8, 4) is 6.07 Å². The summed E-state index contributed by atoms with van der Waals surface area (Å²) < 4.78 is 13.6. The first kappa shape index (κ1) is 14.5. The molecule has 0 bridgehead atoms. The highest BCUT2D eigenvalue weighted by atomic mass is 35.5. The molecule has 0 heterocycles. The minimum atomic E-state index is -0.834. The Morgan fingerprint density at radius 1 is 1.56 bits per heavy atom. The molecule has 96 valence electrons. The Bertz CT molecular complexity index is 520.